The molecule has 0 fully saturated rings. The molecule has 1 rings (SSSR count). The Morgan fingerprint density at radius 2 is 1.84 bits per heavy atom. The minimum absolute atomic E-state index is 0.0532. The molecule has 1 aliphatic rings. The van der Waals surface area contributed by atoms with Gasteiger partial charge >= 0.3 is 11.9 Å². The highest BCUT2D eigenvalue weighted by Crippen LogP contribution is 2.44. The van der Waals surface area contributed by atoms with E-state index in [-0.39, 0.29) is 17.6 Å². The predicted molar refractivity (Wildman–Crippen MR) is 127 cm³/mol. The molecule has 0 unspecified atom stereocenters. The lowest BCUT2D eigenvalue weighted by molar-refractivity contribution is -0.170. The summed E-state index contributed by atoms with van der Waals surface area (Å²) in [6.07, 6.45) is 3.30. The predicted octanol–water partition coefficient (Wildman–Crippen LogP) is 3.83. The molecule has 0 saturated heterocycles. The van der Waals surface area contributed by atoms with Crippen LogP contribution >= 0.6 is 0 Å². The van der Waals surface area contributed by atoms with Gasteiger partial charge in [0, 0.05) is 0 Å². The Bertz CT molecular complexity index is 789. The third-order valence-corrected chi connectivity index (χ3v) is 10.7. The summed E-state index contributed by atoms with van der Waals surface area (Å²) in [5.41, 5.74) is -2.38. The van der Waals surface area contributed by atoms with E-state index < -0.39 is 49.6 Å². The molecule has 0 spiro atoms. The molecule has 0 aliphatic heterocycles. The number of aliphatic hydroxyl groups excluding tert-OH is 1. The molecule has 7 nitrogen and oxygen atoms in total. The van der Waals surface area contributed by atoms with Crippen molar-refractivity contribution in [3.05, 3.63) is 35.5 Å². The first-order valence-corrected chi connectivity index (χ1v) is 14.0. The highest BCUT2D eigenvalue weighted by Gasteiger charge is 2.58. The summed E-state index contributed by atoms with van der Waals surface area (Å²) in [6, 6.07) is 0. The first-order chi connectivity index (χ1) is 14.5. The third kappa shape index (κ3) is 5.98. The normalized spacial score (nSPS) is 27.6. The zero-order chi connectivity index (χ0) is 25.1. The van der Waals surface area contributed by atoms with Crippen LogP contribution in [0, 0.1) is 11.8 Å². The van der Waals surface area contributed by atoms with Crippen LogP contribution in [-0.2, 0) is 18.8 Å². The van der Waals surface area contributed by atoms with Gasteiger partial charge in [-0.05, 0) is 49.5 Å². The van der Waals surface area contributed by atoms with Crippen LogP contribution in [0.5, 0.6) is 0 Å². The second-order valence-corrected chi connectivity index (χ2v) is 15.0. The Labute approximate surface area is 192 Å². The fourth-order valence-corrected chi connectivity index (χ4v) is 4.66. The van der Waals surface area contributed by atoms with Crippen molar-refractivity contribution in [2.75, 3.05) is 6.61 Å². The number of carbonyl (C=O) groups is 2. The first kappa shape index (κ1) is 28.3. The number of carboxylic acids is 1. The van der Waals surface area contributed by atoms with Gasteiger partial charge in [-0.1, -0.05) is 52.8 Å². The number of carboxylic acid groups (broad SMARTS) is 1. The number of aliphatic carboxylic acids is 1. The molecule has 0 saturated carbocycles. The third-order valence-electron chi connectivity index (χ3n) is 6.28. The van der Waals surface area contributed by atoms with E-state index in [1.807, 2.05) is 47.7 Å². The Kier molecular flexibility index (Phi) is 9.25. The number of aliphatic hydroxyl groups is 2. The lowest BCUT2D eigenvalue weighted by Gasteiger charge is -2.48. The Morgan fingerprint density at radius 3 is 2.28 bits per heavy atom. The van der Waals surface area contributed by atoms with Gasteiger partial charge in [0.05, 0.1) is 18.3 Å². The van der Waals surface area contributed by atoms with E-state index in [0.29, 0.717) is 5.57 Å². The molecule has 0 aromatic carbocycles. The van der Waals surface area contributed by atoms with Crippen LogP contribution < -0.4 is 0 Å². The number of allylic oxidation sites excluding steroid dienone is 3. The second kappa shape index (κ2) is 10.5. The summed E-state index contributed by atoms with van der Waals surface area (Å²) in [5, 5.41) is 32.9. The van der Waals surface area contributed by atoms with Crippen molar-refractivity contribution in [1.82, 2.24) is 0 Å². The molecule has 1 aliphatic carbocycles. The summed E-state index contributed by atoms with van der Waals surface area (Å²) in [4.78, 5) is 25.0. The highest BCUT2D eigenvalue weighted by molar-refractivity contribution is 6.74. The first-order valence-electron chi connectivity index (χ1n) is 11.1. The molecule has 0 bridgehead atoms. The Balaban J connectivity index is 3.70. The van der Waals surface area contributed by atoms with Crippen molar-refractivity contribution in [2.45, 2.75) is 84.4 Å². The van der Waals surface area contributed by atoms with Crippen LogP contribution in [0.15, 0.2) is 35.5 Å². The molecule has 3 N–H and O–H groups in total. The van der Waals surface area contributed by atoms with Gasteiger partial charge in [-0.15, -0.1) is 0 Å². The minimum Gasteiger partial charge on any atom is -0.478 e. The van der Waals surface area contributed by atoms with Gasteiger partial charge in [0.1, 0.15) is 17.6 Å². The quantitative estimate of drug-likeness (QED) is 0.163. The van der Waals surface area contributed by atoms with Crippen LogP contribution in [0.4, 0.5) is 0 Å². The number of ether oxygens (including phenoxy) is 1. The Morgan fingerprint density at radius 1 is 1.28 bits per heavy atom. The number of hydrogen-bond acceptors (Lipinski definition) is 6. The van der Waals surface area contributed by atoms with E-state index in [4.69, 9.17) is 9.16 Å². The zero-order valence-electron chi connectivity index (χ0n) is 20.8. The van der Waals surface area contributed by atoms with Gasteiger partial charge in [0.2, 0.25) is 0 Å². The van der Waals surface area contributed by atoms with E-state index in [0.717, 1.165) is 0 Å². The summed E-state index contributed by atoms with van der Waals surface area (Å²) < 4.78 is 11.5. The lowest BCUT2D eigenvalue weighted by atomic mass is 9.69. The van der Waals surface area contributed by atoms with Crippen molar-refractivity contribution >= 4 is 20.3 Å². The fraction of sp³-hybridized carbons (Fsp3) is 0.667. The average molecular weight is 469 g/mol. The van der Waals surface area contributed by atoms with Crippen molar-refractivity contribution in [2.24, 2.45) is 11.8 Å². The van der Waals surface area contributed by atoms with E-state index in [1.165, 1.54) is 18.2 Å². The molecule has 0 heterocycles. The lowest BCUT2D eigenvalue weighted by Crippen LogP contribution is -2.63. The zero-order valence-corrected chi connectivity index (χ0v) is 21.8. The van der Waals surface area contributed by atoms with Crippen molar-refractivity contribution in [3.63, 3.8) is 0 Å². The molecule has 182 valence electrons. The molecular weight excluding hydrogens is 428 g/mol. The van der Waals surface area contributed by atoms with Crippen LogP contribution in [0.3, 0.4) is 0 Å². The maximum Gasteiger partial charge on any atom is 0.334 e. The molecule has 4 atom stereocenters. The SMILES string of the molecule is CCOC(=O)[C@@H]1C=C(C)[C@@H](O[Si](C)(C)C(C)(C)C)[C@@H](O)[C@@]1(O)/C(=C/C=C\C(C)C)C(=O)O. The van der Waals surface area contributed by atoms with Crippen LogP contribution in [0.2, 0.25) is 18.1 Å². The number of esters is 1. The van der Waals surface area contributed by atoms with Gasteiger partial charge in [0.15, 0.2) is 8.32 Å². The molecule has 0 amide bonds. The van der Waals surface area contributed by atoms with Crippen LogP contribution in [0.1, 0.15) is 48.5 Å². The van der Waals surface area contributed by atoms with Gasteiger partial charge in [-0.3, -0.25) is 4.79 Å². The fourth-order valence-electron chi connectivity index (χ4n) is 3.36. The highest BCUT2D eigenvalue weighted by atomic mass is 28.4. The van der Waals surface area contributed by atoms with Crippen molar-refractivity contribution < 1.29 is 34.1 Å². The monoisotopic (exact) mass is 468 g/mol. The number of carbonyl (C=O) groups excluding carboxylic acids is 1. The maximum atomic E-state index is 12.8. The van der Waals surface area contributed by atoms with Gasteiger partial charge in [-0.25, -0.2) is 4.79 Å². The molecule has 8 heteroatoms. The summed E-state index contributed by atoms with van der Waals surface area (Å²) in [5.74, 6) is -3.50. The minimum atomic E-state index is -2.44. The number of rotatable bonds is 8. The largest absolute Gasteiger partial charge is 0.478 e. The smallest absolute Gasteiger partial charge is 0.334 e. The van der Waals surface area contributed by atoms with Crippen molar-refractivity contribution in [1.29, 1.82) is 0 Å². The molecule has 0 aromatic rings. The van der Waals surface area contributed by atoms with Crippen molar-refractivity contribution in [3.8, 4) is 0 Å². The van der Waals surface area contributed by atoms with E-state index in [2.05, 4.69) is 0 Å². The molecule has 0 aromatic heterocycles. The van der Waals surface area contributed by atoms with Gasteiger partial charge in [-0.2, -0.15) is 0 Å². The second-order valence-electron chi connectivity index (χ2n) is 10.2. The van der Waals surface area contributed by atoms with E-state index >= 15 is 0 Å². The molecule has 0 radical (unpaired) electrons. The van der Waals surface area contributed by atoms with Crippen LogP contribution in [-0.4, -0.2) is 60.0 Å². The average Bonchev–Trinajstić information content (AvgIpc) is 2.64. The number of hydrogen-bond donors (Lipinski definition) is 3. The Hall–Kier alpha value is -1.74. The van der Waals surface area contributed by atoms with Gasteiger partial charge in [0.25, 0.3) is 0 Å². The molecular formula is C24H40O7Si. The topological polar surface area (TPSA) is 113 Å². The summed E-state index contributed by atoms with van der Waals surface area (Å²) >= 11 is 0. The standard InChI is InChI=1S/C24H40O7Si/c1-10-30-22(28)18-14-16(4)19(31-32(8,9)23(5,6)7)20(25)24(18,29)17(21(26)27)13-11-12-15(2)3/h11-15,18-20,25,29H,10H2,1-9H3,(H,26,27)/b12-11-,17-13+/t18-,19+,20+,24+/m0/s1. The van der Waals surface area contributed by atoms with E-state index in [9.17, 15) is 24.9 Å². The maximum absolute atomic E-state index is 12.8. The van der Waals surface area contributed by atoms with E-state index in [1.54, 1.807) is 19.9 Å². The van der Waals surface area contributed by atoms with Crippen LogP contribution in [0.25, 0.3) is 0 Å². The molecule has 32 heavy (non-hydrogen) atoms. The summed E-state index contributed by atoms with van der Waals surface area (Å²) in [6.45, 7) is 17.4. The van der Waals surface area contributed by atoms with Gasteiger partial charge < -0.3 is 24.5 Å². The summed E-state index contributed by atoms with van der Waals surface area (Å²) in [7, 11) is -2.41.